The third kappa shape index (κ3) is 46.4. The van der Waals surface area contributed by atoms with Crippen molar-refractivity contribution in [3.8, 4) is 36.5 Å². The molecule has 2 aromatic heterocycles. The van der Waals surface area contributed by atoms with E-state index in [2.05, 4.69) is 102 Å². The van der Waals surface area contributed by atoms with Crippen LogP contribution in [-0.2, 0) is 28.9 Å². The predicted octanol–water partition coefficient (Wildman–Crippen LogP) is 18.9. The van der Waals surface area contributed by atoms with Gasteiger partial charge in [0.25, 0.3) is 0 Å². The minimum Gasteiger partial charge on any atom is -0.469 e. The van der Waals surface area contributed by atoms with Gasteiger partial charge in [-0.15, -0.1) is 55.9 Å². The fourth-order valence-electron chi connectivity index (χ4n) is 5.99. The lowest BCUT2D eigenvalue weighted by Gasteiger charge is -2.14. The number of Topliss-reactive ketones (excluding diaryl/α,β-unsaturated/α-hetero) is 2. The van der Waals surface area contributed by atoms with Gasteiger partial charge in [-0.05, 0) is 146 Å². The van der Waals surface area contributed by atoms with Crippen LogP contribution in [0.4, 0.5) is 0 Å². The number of hydrogen-bond donors (Lipinski definition) is 2. The van der Waals surface area contributed by atoms with Crippen molar-refractivity contribution in [1.82, 2.24) is 4.98 Å². The zero-order valence-corrected chi connectivity index (χ0v) is 60.2. The number of thiol groups is 1. The number of ketones is 4. The van der Waals surface area contributed by atoms with E-state index < -0.39 is 17.5 Å². The summed E-state index contributed by atoms with van der Waals surface area (Å²) in [4.78, 5) is 102. The number of nitrogens with zero attached hydrogens (tertiary/aromatic N) is 1. The number of ether oxygens (including phenoxy) is 1. The SMILES string of the molecule is C#CC.C#CC#CC.C=C(C)C(C)=O.C=CC.C=CC(C)=O.C=CCC(=O)OC.CC(C)(O)C(=O)c1ccccc1.CCCC.O=C(OOC(=O)c1ccccc1)c1ccccc1.O=C(c1ccccc1)c1ccccc1.O=c1c2ccccc2sc2ccc(S)cc12.c1ccncc1. The smallest absolute Gasteiger partial charge is 0.386 e. The molecule has 1 N–H and O–H groups in total. The first-order valence-corrected chi connectivity index (χ1v) is 31.9. The zero-order valence-electron chi connectivity index (χ0n) is 58.4. The molecule has 9 rings (SSSR count). The number of carbonyl (C=O) groups is 7. The normalized spacial score (nSPS) is 8.76. The summed E-state index contributed by atoms with van der Waals surface area (Å²) in [5.74, 6) is 7.58. The van der Waals surface area contributed by atoms with Crippen LogP contribution in [0.15, 0.2) is 285 Å². The lowest BCUT2D eigenvalue weighted by molar-refractivity contribution is -0.187. The van der Waals surface area contributed by atoms with Gasteiger partial charge in [0.05, 0.1) is 24.7 Å². The predicted molar refractivity (Wildman–Crippen MR) is 411 cm³/mol. The minimum atomic E-state index is -1.28. The summed E-state index contributed by atoms with van der Waals surface area (Å²) in [6.45, 7) is 30.6. The van der Waals surface area contributed by atoms with Crippen molar-refractivity contribution in [3.05, 3.63) is 313 Å². The number of rotatable bonds is 11. The van der Waals surface area contributed by atoms with Gasteiger partial charge in [0.2, 0.25) is 0 Å². The van der Waals surface area contributed by atoms with E-state index in [4.69, 9.17) is 6.42 Å². The maximum absolute atomic E-state index is 12.2. The standard InChI is InChI=1S/C14H10O4.C13H8OS2.C13H10O.C10H12O2.C5H5N.C5H8O2.C5H8O.C5H4.C4H6O.C4H10.C3H6.C3H4/c15-13(11-7-3-1-4-8-11)17-18-14(16)12-9-5-2-6-10-12;14-13-9-3-1-2-4-11(9)16-12-6-5-8(15)7-10(12)13;14-13(11-7-3-1-4-8-11)12-9-5-2-6-10-12;1-10(2,12)9(11)8-6-4-3-5-7-8;1-2-4-6-5-3-1;1-3-4-5(6)7-2;1-4(2)5(3)6;1-3-5-4-2;1-3-4(2)5;1-3-4-2;2*1-3-2/h1-10H;1-7,15H;1-10H;3-7,12H,1-2H3;1-5H;3H,1,4H2,2H3;1H2,2-3H3;1H,2H3;3H,1H2,2H3;3-4H2,1-2H3;3H,1H2,2H3;1H,2H3. The lowest BCUT2D eigenvalue weighted by Crippen LogP contribution is -2.30. The van der Waals surface area contributed by atoms with Crippen molar-refractivity contribution < 1.29 is 53.2 Å². The quantitative estimate of drug-likeness (QED) is 0.0143. The maximum Gasteiger partial charge on any atom is 0.386 e. The van der Waals surface area contributed by atoms with E-state index in [1.54, 1.807) is 136 Å². The van der Waals surface area contributed by atoms with Crippen LogP contribution in [0.1, 0.15) is 135 Å². The van der Waals surface area contributed by atoms with Crippen LogP contribution in [0.25, 0.3) is 20.2 Å². The van der Waals surface area contributed by atoms with Crippen LogP contribution in [0, 0.1) is 36.5 Å². The van der Waals surface area contributed by atoms with Crippen molar-refractivity contribution in [2.24, 2.45) is 0 Å². The topological polar surface area (TPSA) is 197 Å². The number of terminal acetylenes is 2. The van der Waals surface area contributed by atoms with Gasteiger partial charge in [0.15, 0.2) is 28.6 Å². The number of esters is 1. The van der Waals surface area contributed by atoms with Crippen molar-refractivity contribution >= 4 is 85.2 Å². The lowest BCUT2D eigenvalue weighted by atomic mass is 9.97. The van der Waals surface area contributed by atoms with Crippen molar-refractivity contribution in [2.45, 2.75) is 99.0 Å². The third-order valence-corrected chi connectivity index (χ3v) is 12.6. The van der Waals surface area contributed by atoms with Crippen LogP contribution < -0.4 is 5.43 Å². The van der Waals surface area contributed by atoms with Gasteiger partial charge >= 0.3 is 17.9 Å². The molecule has 7 aromatic carbocycles. The van der Waals surface area contributed by atoms with E-state index in [1.165, 1.54) is 59.8 Å². The largest absolute Gasteiger partial charge is 0.469 e. The molecule has 15 heteroatoms. The van der Waals surface area contributed by atoms with Gasteiger partial charge in [0, 0.05) is 54.2 Å². The highest BCUT2D eigenvalue weighted by Gasteiger charge is 2.24. The molecule has 2 heterocycles. The van der Waals surface area contributed by atoms with Gasteiger partial charge in [-0.1, -0.05) is 204 Å². The number of methoxy groups -OCH3 is 1. The molecule has 0 unspecified atom stereocenters. The molecule has 0 bridgehead atoms. The Morgan fingerprint density at radius 2 is 0.949 bits per heavy atom. The first-order valence-electron chi connectivity index (χ1n) is 30.6. The van der Waals surface area contributed by atoms with E-state index in [1.807, 2.05) is 134 Å². The summed E-state index contributed by atoms with van der Waals surface area (Å²) >= 11 is 5.91. The first-order chi connectivity index (χ1) is 47.3. The number of benzene rings is 7. The number of fused-ring (bicyclic) bond motifs is 2. The summed E-state index contributed by atoms with van der Waals surface area (Å²) in [5, 5.41) is 10.9. The van der Waals surface area contributed by atoms with Crippen LogP contribution in [-0.4, -0.2) is 63.8 Å². The second kappa shape index (κ2) is 59.1. The molecule has 13 nitrogen and oxygen atoms in total. The second-order valence-corrected chi connectivity index (χ2v) is 21.5. The molecule has 0 spiro atoms. The van der Waals surface area contributed by atoms with E-state index in [0.717, 1.165) is 36.2 Å². The molecule has 0 atom stereocenters. The number of pyridine rings is 1. The summed E-state index contributed by atoms with van der Waals surface area (Å²) in [7, 11) is 1.35. The fraction of sp³-hybridized carbons (Fsp3) is 0.179. The average Bonchev–Trinajstić information content (AvgIpc) is 0.783. The van der Waals surface area contributed by atoms with Crippen LogP contribution in [0.2, 0.25) is 0 Å². The molecular formula is C84H91NO12S2. The van der Waals surface area contributed by atoms with Gasteiger partial charge in [-0.25, -0.2) is 19.4 Å². The van der Waals surface area contributed by atoms with Crippen molar-refractivity contribution in [2.75, 3.05) is 7.11 Å². The number of allylic oxidation sites excluding steroid dienone is 3. The Labute approximate surface area is 595 Å². The van der Waals surface area contributed by atoms with Gasteiger partial charge in [-0.2, -0.15) is 0 Å². The number of aliphatic hydroxyl groups is 1. The van der Waals surface area contributed by atoms with Gasteiger partial charge in [0.1, 0.15) is 5.60 Å². The Morgan fingerprint density at radius 3 is 1.23 bits per heavy atom. The molecule has 516 valence electrons. The Kier molecular flexibility index (Phi) is 54.8. The molecule has 0 fully saturated rings. The Balaban J connectivity index is -0.00000106. The van der Waals surface area contributed by atoms with Crippen molar-refractivity contribution in [3.63, 3.8) is 0 Å². The number of hydrogen-bond acceptors (Lipinski definition) is 15. The van der Waals surface area contributed by atoms with Gasteiger partial charge < -0.3 is 9.84 Å². The number of aromatic nitrogens is 1. The minimum absolute atomic E-state index is 0.0185. The molecule has 0 saturated heterocycles. The highest BCUT2D eigenvalue weighted by atomic mass is 32.1. The molecule has 9 aromatic rings. The monoisotopic (exact) mass is 1370 g/mol. The second-order valence-electron chi connectivity index (χ2n) is 19.9. The van der Waals surface area contributed by atoms with Crippen molar-refractivity contribution in [1.29, 1.82) is 0 Å². The highest BCUT2D eigenvalue weighted by molar-refractivity contribution is 7.80. The third-order valence-electron chi connectivity index (χ3n) is 11.1. The first kappa shape index (κ1) is 91.8. The van der Waals surface area contributed by atoms with Gasteiger partial charge in [-0.3, -0.25) is 33.8 Å². The zero-order chi connectivity index (χ0) is 75.2. The Morgan fingerprint density at radius 1 is 0.596 bits per heavy atom. The van der Waals surface area contributed by atoms with E-state index in [9.17, 15) is 43.5 Å². The van der Waals surface area contributed by atoms with Crippen LogP contribution in [0.3, 0.4) is 0 Å². The molecule has 0 aliphatic heterocycles. The molecule has 0 saturated carbocycles. The maximum atomic E-state index is 12.2. The number of carbonyl (C=O) groups excluding carboxylic acids is 7. The fourth-order valence-corrected chi connectivity index (χ4v) is 7.24. The number of unbranched alkanes of at least 4 members (excludes halogenated alkanes) is 1. The van der Waals surface area contributed by atoms with E-state index in [-0.39, 0.29) is 34.5 Å². The Hall–Kier alpha value is -11.4. The Bertz CT molecular complexity index is 3900. The molecular weight excluding hydrogens is 1280 g/mol. The van der Waals surface area contributed by atoms with Crippen LogP contribution >= 0.6 is 24.0 Å². The molecule has 99 heavy (non-hydrogen) atoms. The summed E-state index contributed by atoms with van der Waals surface area (Å²) in [6.07, 6.45) is 20.3. The highest BCUT2D eigenvalue weighted by Crippen LogP contribution is 2.26. The van der Waals surface area contributed by atoms with E-state index >= 15 is 0 Å². The molecule has 0 radical (unpaired) electrons. The van der Waals surface area contributed by atoms with Crippen LogP contribution in [0.5, 0.6) is 0 Å². The molecule has 0 amide bonds. The summed E-state index contributed by atoms with van der Waals surface area (Å²) in [6, 6.07) is 63.1. The summed E-state index contributed by atoms with van der Waals surface area (Å²) < 4.78 is 6.33. The molecule has 0 aliphatic carbocycles. The molecule has 0 aliphatic rings. The summed E-state index contributed by atoms with van der Waals surface area (Å²) in [5.41, 5.74) is 2.09. The van der Waals surface area contributed by atoms with E-state index in [0.29, 0.717) is 28.7 Å². The average molecular weight is 1370 g/mol.